The van der Waals surface area contributed by atoms with Crippen molar-refractivity contribution in [2.75, 3.05) is 30.7 Å². The lowest BCUT2D eigenvalue weighted by molar-refractivity contribution is -0.143. The van der Waals surface area contributed by atoms with Crippen LogP contribution in [0, 0.1) is 5.41 Å². The van der Waals surface area contributed by atoms with Gasteiger partial charge in [-0.2, -0.15) is 0 Å². The molecule has 0 aromatic rings. The number of esters is 1. The van der Waals surface area contributed by atoms with Crippen LogP contribution in [0.5, 0.6) is 0 Å². The van der Waals surface area contributed by atoms with E-state index in [4.69, 9.17) is 4.74 Å². The van der Waals surface area contributed by atoms with Gasteiger partial charge in [0.25, 0.3) is 0 Å². The van der Waals surface area contributed by atoms with Crippen molar-refractivity contribution >= 4 is 28.6 Å². The number of halogens is 1. The Balaban J connectivity index is 1.50. The number of hydrogen-bond donors (Lipinski definition) is 0. The maximum absolute atomic E-state index is 11.6. The Morgan fingerprint density at radius 3 is 2.43 bits per heavy atom. The summed E-state index contributed by atoms with van der Waals surface area (Å²) in [5.41, 5.74) is 0.702. The van der Waals surface area contributed by atoms with Crippen molar-refractivity contribution < 1.29 is 9.53 Å². The SMILES string of the molecule is O=C(CCCN1CCC2(CCCC2)CC1)OCCCCI. The normalized spacial score (nSPS) is 21.8. The molecule has 2 rings (SSSR count). The molecule has 21 heavy (non-hydrogen) atoms. The Labute approximate surface area is 143 Å². The standard InChI is InChI=1S/C17H30INO2/c18-11-3-4-15-21-16(20)6-5-12-19-13-9-17(10-14-19)7-1-2-8-17/h1-15H2. The van der Waals surface area contributed by atoms with E-state index >= 15 is 0 Å². The lowest BCUT2D eigenvalue weighted by Gasteiger charge is -2.39. The van der Waals surface area contributed by atoms with Crippen LogP contribution in [0.15, 0.2) is 0 Å². The Morgan fingerprint density at radius 1 is 1.05 bits per heavy atom. The van der Waals surface area contributed by atoms with E-state index in [0.29, 0.717) is 18.4 Å². The highest BCUT2D eigenvalue weighted by atomic mass is 127. The summed E-state index contributed by atoms with van der Waals surface area (Å²) in [5, 5.41) is 0. The fraction of sp³-hybridized carbons (Fsp3) is 0.941. The van der Waals surface area contributed by atoms with Crippen molar-refractivity contribution in [1.82, 2.24) is 4.90 Å². The molecule has 0 bridgehead atoms. The third kappa shape index (κ3) is 6.05. The van der Waals surface area contributed by atoms with Crippen LogP contribution in [0.4, 0.5) is 0 Å². The van der Waals surface area contributed by atoms with Crippen molar-refractivity contribution in [2.45, 2.75) is 64.2 Å². The van der Waals surface area contributed by atoms with Crippen molar-refractivity contribution in [3.05, 3.63) is 0 Å². The van der Waals surface area contributed by atoms with Gasteiger partial charge in [-0.3, -0.25) is 4.79 Å². The van der Waals surface area contributed by atoms with Crippen LogP contribution in [-0.4, -0.2) is 41.5 Å². The molecule has 1 aliphatic heterocycles. The molecular weight excluding hydrogens is 377 g/mol. The predicted octanol–water partition coefficient (Wildman–Crippen LogP) is 4.18. The van der Waals surface area contributed by atoms with Crippen LogP contribution in [-0.2, 0) is 9.53 Å². The van der Waals surface area contributed by atoms with Gasteiger partial charge in [0.1, 0.15) is 0 Å². The fourth-order valence-corrected chi connectivity index (χ4v) is 4.32. The number of carbonyl (C=O) groups excluding carboxylic acids is 1. The monoisotopic (exact) mass is 407 g/mol. The summed E-state index contributed by atoms with van der Waals surface area (Å²) in [6, 6.07) is 0. The van der Waals surface area contributed by atoms with Crippen LogP contribution in [0.1, 0.15) is 64.2 Å². The van der Waals surface area contributed by atoms with Gasteiger partial charge in [-0.1, -0.05) is 35.4 Å². The van der Waals surface area contributed by atoms with Crippen LogP contribution in [0.2, 0.25) is 0 Å². The predicted molar refractivity (Wildman–Crippen MR) is 94.9 cm³/mol. The first kappa shape index (κ1) is 17.5. The average Bonchev–Trinajstić information content (AvgIpc) is 2.94. The second-order valence-electron chi connectivity index (χ2n) is 6.77. The number of likely N-dealkylation sites (tertiary alicyclic amines) is 1. The summed E-state index contributed by atoms with van der Waals surface area (Å²) < 4.78 is 6.39. The van der Waals surface area contributed by atoms with E-state index < -0.39 is 0 Å². The van der Waals surface area contributed by atoms with Crippen LogP contribution < -0.4 is 0 Å². The minimum absolute atomic E-state index is 0.00673. The summed E-state index contributed by atoms with van der Waals surface area (Å²) in [6.07, 6.45) is 12.3. The number of nitrogens with zero attached hydrogens (tertiary/aromatic N) is 1. The molecule has 2 fully saturated rings. The van der Waals surface area contributed by atoms with Gasteiger partial charge in [0.05, 0.1) is 6.61 Å². The van der Waals surface area contributed by atoms with Crippen LogP contribution >= 0.6 is 22.6 Å². The smallest absolute Gasteiger partial charge is 0.305 e. The molecule has 0 unspecified atom stereocenters. The Kier molecular flexibility index (Phi) is 7.78. The zero-order valence-electron chi connectivity index (χ0n) is 13.2. The van der Waals surface area contributed by atoms with Gasteiger partial charge in [-0.25, -0.2) is 0 Å². The molecule has 1 spiro atoms. The molecule has 0 radical (unpaired) electrons. The first-order chi connectivity index (χ1) is 10.2. The lowest BCUT2D eigenvalue weighted by Crippen LogP contribution is -2.39. The minimum Gasteiger partial charge on any atom is -0.466 e. The van der Waals surface area contributed by atoms with Gasteiger partial charge in [0.15, 0.2) is 0 Å². The van der Waals surface area contributed by atoms with E-state index in [-0.39, 0.29) is 5.97 Å². The molecule has 0 aromatic heterocycles. The maximum atomic E-state index is 11.6. The maximum Gasteiger partial charge on any atom is 0.305 e. The van der Waals surface area contributed by atoms with E-state index in [1.165, 1.54) is 51.6 Å². The second-order valence-corrected chi connectivity index (χ2v) is 7.85. The van der Waals surface area contributed by atoms with Gasteiger partial charge in [-0.15, -0.1) is 0 Å². The van der Waals surface area contributed by atoms with Crippen molar-refractivity contribution in [3.8, 4) is 0 Å². The zero-order valence-corrected chi connectivity index (χ0v) is 15.4. The average molecular weight is 407 g/mol. The van der Waals surface area contributed by atoms with E-state index in [2.05, 4.69) is 27.5 Å². The third-order valence-corrected chi connectivity index (χ3v) is 5.99. The number of hydrogen-bond acceptors (Lipinski definition) is 3. The van der Waals surface area contributed by atoms with Crippen molar-refractivity contribution in [3.63, 3.8) is 0 Å². The highest BCUT2D eigenvalue weighted by molar-refractivity contribution is 14.1. The summed E-state index contributed by atoms with van der Waals surface area (Å²) in [7, 11) is 0. The van der Waals surface area contributed by atoms with E-state index in [1.807, 2.05) is 0 Å². The number of rotatable bonds is 8. The number of alkyl halides is 1. The first-order valence-electron chi connectivity index (χ1n) is 8.68. The van der Waals surface area contributed by atoms with Crippen molar-refractivity contribution in [1.29, 1.82) is 0 Å². The Bertz CT molecular complexity index is 306. The molecule has 1 heterocycles. The van der Waals surface area contributed by atoms with Crippen molar-refractivity contribution in [2.24, 2.45) is 5.41 Å². The van der Waals surface area contributed by atoms with Gasteiger partial charge >= 0.3 is 5.97 Å². The second kappa shape index (κ2) is 9.33. The molecular formula is C17H30INO2. The number of piperidine rings is 1. The summed E-state index contributed by atoms with van der Waals surface area (Å²) in [5.74, 6) is -0.00673. The molecule has 0 amide bonds. The largest absolute Gasteiger partial charge is 0.466 e. The van der Waals surface area contributed by atoms with Crippen LogP contribution in [0.3, 0.4) is 0 Å². The van der Waals surface area contributed by atoms with E-state index in [0.717, 1.165) is 30.2 Å². The lowest BCUT2D eigenvalue weighted by atomic mass is 9.77. The highest BCUT2D eigenvalue weighted by Gasteiger charge is 2.36. The molecule has 0 N–H and O–H groups in total. The molecule has 4 heteroatoms. The number of unbranched alkanes of at least 4 members (excludes halogenated alkanes) is 1. The minimum atomic E-state index is -0.00673. The topological polar surface area (TPSA) is 29.5 Å². The molecule has 1 aliphatic carbocycles. The molecule has 122 valence electrons. The Morgan fingerprint density at radius 2 is 1.76 bits per heavy atom. The van der Waals surface area contributed by atoms with Gasteiger partial charge in [-0.05, 0) is 74.4 Å². The summed E-state index contributed by atoms with van der Waals surface area (Å²) in [6.45, 7) is 4.16. The van der Waals surface area contributed by atoms with Gasteiger partial charge in [0.2, 0.25) is 0 Å². The molecule has 2 aliphatic rings. The summed E-state index contributed by atoms with van der Waals surface area (Å²) in [4.78, 5) is 14.2. The Hall–Kier alpha value is 0.160. The quantitative estimate of drug-likeness (QED) is 0.262. The molecule has 1 saturated carbocycles. The third-order valence-electron chi connectivity index (χ3n) is 5.23. The molecule has 0 aromatic carbocycles. The van der Waals surface area contributed by atoms with Crippen LogP contribution in [0.25, 0.3) is 0 Å². The molecule has 3 nitrogen and oxygen atoms in total. The van der Waals surface area contributed by atoms with E-state index in [9.17, 15) is 4.79 Å². The number of ether oxygens (including phenoxy) is 1. The molecule has 1 saturated heterocycles. The first-order valence-corrected chi connectivity index (χ1v) is 10.2. The van der Waals surface area contributed by atoms with Gasteiger partial charge in [0, 0.05) is 6.42 Å². The number of carbonyl (C=O) groups is 1. The van der Waals surface area contributed by atoms with Gasteiger partial charge < -0.3 is 9.64 Å². The summed E-state index contributed by atoms with van der Waals surface area (Å²) >= 11 is 2.36. The van der Waals surface area contributed by atoms with E-state index in [1.54, 1.807) is 0 Å². The molecule has 0 atom stereocenters. The highest BCUT2D eigenvalue weighted by Crippen LogP contribution is 2.46. The zero-order chi connectivity index (χ0) is 15.0. The fourth-order valence-electron chi connectivity index (χ4n) is 3.78.